The van der Waals surface area contributed by atoms with Gasteiger partial charge in [-0.15, -0.1) is 0 Å². The van der Waals surface area contributed by atoms with E-state index in [-0.39, 0.29) is 12.1 Å². The Morgan fingerprint density at radius 1 is 1.29 bits per heavy atom. The second-order valence-corrected chi connectivity index (χ2v) is 4.49. The van der Waals surface area contributed by atoms with Gasteiger partial charge in [-0.3, -0.25) is 4.79 Å². The van der Waals surface area contributed by atoms with Crippen LogP contribution >= 0.6 is 0 Å². The summed E-state index contributed by atoms with van der Waals surface area (Å²) in [4.78, 5) is 12.1. The third-order valence-electron chi connectivity index (χ3n) is 2.87. The molecule has 4 heteroatoms. The normalized spacial score (nSPS) is 9.67. The molecule has 0 spiro atoms. The van der Waals surface area contributed by atoms with Crippen LogP contribution in [0, 0.1) is 24.6 Å². The Morgan fingerprint density at radius 2 is 2.05 bits per heavy atom. The van der Waals surface area contributed by atoms with Crippen molar-refractivity contribution in [2.24, 2.45) is 5.73 Å². The van der Waals surface area contributed by atoms with Gasteiger partial charge < -0.3 is 11.1 Å². The van der Waals surface area contributed by atoms with E-state index in [0.717, 1.165) is 5.56 Å². The third-order valence-corrected chi connectivity index (χ3v) is 2.87. The van der Waals surface area contributed by atoms with E-state index in [1.807, 2.05) is 13.0 Å². The molecule has 0 aliphatic rings. The van der Waals surface area contributed by atoms with Crippen molar-refractivity contribution < 1.29 is 9.18 Å². The zero-order valence-corrected chi connectivity index (χ0v) is 11.6. The molecule has 1 amide bonds. The van der Waals surface area contributed by atoms with E-state index in [1.165, 1.54) is 18.2 Å². The van der Waals surface area contributed by atoms with Crippen molar-refractivity contribution in [3.8, 4) is 11.8 Å². The number of hydrogen-bond acceptors (Lipinski definition) is 2. The van der Waals surface area contributed by atoms with Crippen LogP contribution in [0.5, 0.6) is 0 Å². The van der Waals surface area contributed by atoms with Crippen LogP contribution in [-0.2, 0) is 0 Å². The highest BCUT2D eigenvalue weighted by molar-refractivity contribution is 6.05. The van der Waals surface area contributed by atoms with E-state index in [9.17, 15) is 9.18 Å². The first kappa shape index (κ1) is 14.8. The van der Waals surface area contributed by atoms with Crippen molar-refractivity contribution in [3.05, 3.63) is 65.0 Å². The van der Waals surface area contributed by atoms with Crippen LogP contribution in [0.2, 0.25) is 0 Å². The van der Waals surface area contributed by atoms with Crippen LogP contribution in [0.3, 0.4) is 0 Å². The summed E-state index contributed by atoms with van der Waals surface area (Å²) in [5.41, 5.74) is 7.52. The molecular formula is C17H15FN2O. The predicted molar refractivity (Wildman–Crippen MR) is 81.5 cm³/mol. The van der Waals surface area contributed by atoms with Crippen molar-refractivity contribution in [2.75, 3.05) is 11.9 Å². The Morgan fingerprint density at radius 3 is 2.76 bits per heavy atom. The average molecular weight is 282 g/mol. The predicted octanol–water partition coefficient (Wildman–Crippen LogP) is 2.70. The SMILES string of the molecule is Cc1ccc(C#CCN)c(NC(=O)c2ccccc2F)c1. The molecule has 0 heterocycles. The molecule has 106 valence electrons. The van der Waals surface area contributed by atoms with Crippen LogP contribution in [0.4, 0.5) is 10.1 Å². The average Bonchev–Trinajstić information content (AvgIpc) is 2.47. The maximum absolute atomic E-state index is 13.6. The van der Waals surface area contributed by atoms with Gasteiger partial charge in [-0.25, -0.2) is 4.39 Å². The van der Waals surface area contributed by atoms with Crippen molar-refractivity contribution in [1.29, 1.82) is 0 Å². The first-order valence-electron chi connectivity index (χ1n) is 6.47. The number of benzene rings is 2. The van der Waals surface area contributed by atoms with Gasteiger partial charge in [-0.2, -0.15) is 0 Å². The van der Waals surface area contributed by atoms with E-state index >= 15 is 0 Å². The Balaban J connectivity index is 2.33. The molecule has 0 aliphatic heterocycles. The molecule has 0 saturated heterocycles. The molecule has 21 heavy (non-hydrogen) atoms. The topological polar surface area (TPSA) is 55.1 Å². The van der Waals surface area contributed by atoms with E-state index in [4.69, 9.17) is 5.73 Å². The second kappa shape index (κ2) is 6.69. The molecule has 3 N–H and O–H groups in total. The molecular weight excluding hydrogens is 267 g/mol. The molecule has 0 aliphatic carbocycles. The lowest BCUT2D eigenvalue weighted by molar-refractivity contribution is 0.102. The number of amides is 1. The highest BCUT2D eigenvalue weighted by Gasteiger charge is 2.12. The maximum Gasteiger partial charge on any atom is 0.258 e. The van der Waals surface area contributed by atoms with Crippen molar-refractivity contribution in [1.82, 2.24) is 0 Å². The highest BCUT2D eigenvalue weighted by Crippen LogP contribution is 2.18. The first-order valence-corrected chi connectivity index (χ1v) is 6.47. The maximum atomic E-state index is 13.6. The van der Waals surface area contributed by atoms with Gasteiger partial charge in [-0.05, 0) is 36.8 Å². The molecule has 0 bridgehead atoms. The molecule has 2 aromatic carbocycles. The fraction of sp³-hybridized carbons (Fsp3) is 0.118. The third kappa shape index (κ3) is 3.68. The number of aryl methyl sites for hydroxylation is 1. The number of nitrogens with one attached hydrogen (secondary N) is 1. The molecule has 0 atom stereocenters. The fourth-order valence-electron chi connectivity index (χ4n) is 1.85. The summed E-state index contributed by atoms with van der Waals surface area (Å²) in [5.74, 6) is 4.57. The molecule has 0 unspecified atom stereocenters. The van der Waals surface area contributed by atoms with Gasteiger partial charge in [-0.1, -0.05) is 30.0 Å². The van der Waals surface area contributed by atoms with E-state index in [2.05, 4.69) is 17.2 Å². The highest BCUT2D eigenvalue weighted by atomic mass is 19.1. The quantitative estimate of drug-likeness (QED) is 0.832. The van der Waals surface area contributed by atoms with Gasteiger partial charge >= 0.3 is 0 Å². The molecule has 2 aromatic rings. The van der Waals surface area contributed by atoms with Gasteiger partial charge in [0, 0.05) is 5.56 Å². The second-order valence-electron chi connectivity index (χ2n) is 4.49. The van der Waals surface area contributed by atoms with Gasteiger partial charge in [0.05, 0.1) is 17.8 Å². The zero-order valence-electron chi connectivity index (χ0n) is 11.6. The summed E-state index contributed by atoms with van der Waals surface area (Å²) in [6, 6.07) is 11.3. The Bertz CT molecular complexity index is 729. The van der Waals surface area contributed by atoms with Gasteiger partial charge in [0.15, 0.2) is 0 Å². The molecule has 0 radical (unpaired) electrons. The largest absolute Gasteiger partial charge is 0.321 e. The van der Waals surface area contributed by atoms with Gasteiger partial charge in [0.2, 0.25) is 0 Å². The summed E-state index contributed by atoms with van der Waals surface area (Å²) in [5, 5.41) is 2.70. The Labute approximate surface area is 123 Å². The summed E-state index contributed by atoms with van der Waals surface area (Å²) in [6.45, 7) is 2.13. The fourth-order valence-corrected chi connectivity index (χ4v) is 1.85. The summed E-state index contributed by atoms with van der Waals surface area (Å²) >= 11 is 0. The monoisotopic (exact) mass is 282 g/mol. The Kier molecular flexibility index (Phi) is 4.70. The van der Waals surface area contributed by atoms with Crippen LogP contribution in [0.1, 0.15) is 21.5 Å². The first-order chi connectivity index (χ1) is 10.1. The van der Waals surface area contributed by atoms with E-state index < -0.39 is 11.7 Å². The van der Waals surface area contributed by atoms with E-state index in [0.29, 0.717) is 11.3 Å². The van der Waals surface area contributed by atoms with Crippen LogP contribution in [-0.4, -0.2) is 12.5 Å². The zero-order chi connectivity index (χ0) is 15.2. The lowest BCUT2D eigenvalue weighted by Gasteiger charge is -2.09. The van der Waals surface area contributed by atoms with Crippen molar-refractivity contribution >= 4 is 11.6 Å². The summed E-state index contributed by atoms with van der Waals surface area (Å²) in [7, 11) is 0. The van der Waals surface area contributed by atoms with Crippen LogP contribution in [0.25, 0.3) is 0 Å². The summed E-state index contributed by atoms with van der Waals surface area (Å²) in [6.07, 6.45) is 0. The van der Waals surface area contributed by atoms with E-state index in [1.54, 1.807) is 18.2 Å². The smallest absolute Gasteiger partial charge is 0.258 e. The Hall–Kier alpha value is -2.64. The number of rotatable bonds is 2. The molecule has 2 rings (SSSR count). The minimum absolute atomic E-state index is 0.00302. The minimum Gasteiger partial charge on any atom is -0.321 e. The lowest BCUT2D eigenvalue weighted by atomic mass is 10.1. The van der Waals surface area contributed by atoms with Gasteiger partial charge in [0.1, 0.15) is 5.82 Å². The minimum atomic E-state index is -0.558. The number of hydrogen-bond donors (Lipinski definition) is 2. The number of halogens is 1. The van der Waals surface area contributed by atoms with Crippen molar-refractivity contribution in [2.45, 2.75) is 6.92 Å². The summed E-state index contributed by atoms with van der Waals surface area (Å²) < 4.78 is 13.6. The number of anilines is 1. The molecule has 0 aromatic heterocycles. The van der Waals surface area contributed by atoms with Crippen molar-refractivity contribution in [3.63, 3.8) is 0 Å². The van der Waals surface area contributed by atoms with Crippen LogP contribution < -0.4 is 11.1 Å². The molecule has 0 saturated carbocycles. The molecule has 0 fully saturated rings. The molecule has 3 nitrogen and oxygen atoms in total. The van der Waals surface area contributed by atoms with Crippen LogP contribution in [0.15, 0.2) is 42.5 Å². The van der Waals surface area contributed by atoms with Gasteiger partial charge in [0.25, 0.3) is 5.91 Å². The lowest BCUT2D eigenvalue weighted by Crippen LogP contribution is -2.14. The number of carbonyl (C=O) groups excluding carboxylic acids is 1. The standard InChI is InChI=1S/C17H15FN2O/c1-12-8-9-13(5-4-10-19)16(11-12)20-17(21)14-6-2-3-7-15(14)18/h2-3,6-9,11H,10,19H2,1H3,(H,20,21). The number of carbonyl (C=O) groups is 1. The number of nitrogens with two attached hydrogens (primary N) is 1.